The fraction of sp³-hybridized carbons (Fsp3) is 0.435. The predicted octanol–water partition coefficient (Wildman–Crippen LogP) is 5.33. The van der Waals surface area contributed by atoms with E-state index in [0.29, 0.717) is 6.42 Å². The molecule has 0 bridgehead atoms. The highest BCUT2D eigenvalue weighted by atomic mass is 16.5. The predicted molar refractivity (Wildman–Crippen MR) is 108 cm³/mol. The summed E-state index contributed by atoms with van der Waals surface area (Å²) in [7, 11) is 0. The molecule has 2 aromatic carbocycles. The van der Waals surface area contributed by atoms with Gasteiger partial charge in [0, 0.05) is 0 Å². The summed E-state index contributed by atoms with van der Waals surface area (Å²) in [6.45, 7) is 12.5. The first-order chi connectivity index (χ1) is 12.2. The number of amides is 1. The number of benzene rings is 2. The van der Waals surface area contributed by atoms with E-state index in [9.17, 15) is 4.79 Å². The fourth-order valence-corrected chi connectivity index (χ4v) is 2.83. The molecule has 0 fully saturated rings. The van der Waals surface area contributed by atoms with E-state index in [4.69, 9.17) is 4.74 Å². The maximum absolute atomic E-state index is 12.7. The summed E-state index contributed by atoms with van der Waals surface area (Å²) in [6.07, 6.45) is 0.128. The van der Waals surface area contributed by atoms with Crippen molar-refractivity contribution in [3.63, 3.8) is 0 Å². The van der Waals surface area contributed by atoms with Gasteiger partial charge in [0.05, 0.1) is 6.04 Å². The molecule has 0 unspecified atom stereocenters. The first-order valence-electron chi connectivity index (χ1n) is 9.35. The Morgan fingerprint density at radius 3 is 2.23 bits per heavy atom. The van der Waals surface area contributed by atoms with Gasteiger partial charge in [-0.2, -0.15) is 0 Å². The van der Waals surface area contributed by atoms with Crippen molar-refractivity contribution in [2.45, 2.75) is 65.5 Å². The van der Waals surface area contributed by atoms with Crippen molar-refractivity contribution in [1.82, 2.24) is 5.32 Å². The van der Waals surface area contributed by atoms with Crippen LogP contribution >= 0.6 is 0 Å². The molecule has 2 rings (SSSR count). The second-order valence-electron chi connectivity index (χ2n) is 7.88. The van der Waals surface area contributed by atoms with E-state index in [1.54, 1.807) is 0 Å². The zero-order chi connectivity index (χ0) is 19.3. The second-order valence-corrected chi connectivity index (χ2v) is 7.88. The topological polar surface area (TPSA) is 38.3 Å². The van der Waals surface area contributed by atoms with Gasteiger partial charge < -0.3 is 10.1 Å². The third kappa shape index (κ3) is 5.10. The van der Waals surface area contributed by atoms with Crippen LogP contribution < -0.4 is 10.1 Å². The molecule has 3 nitrogen and oxygen atoms in total. The van der Waals surface area contributed by atoms with Crippen molar-refractivity contribution in [1.29, 1.82) is 0 Å². The standard InChI is InChI=1S/C23H31NO2/c1-7-20(26-21-11-9-8-10-16(21)2)22(25)24-17(3)18-12-14-19(15-13-18)23(4,5)6/h8-15,17,20H,7H2,1-6H3,(H,24,25)/t17-,20-/m1/s1. The number of carbonyl (C=O) groups excluding carboxylic acids is 1. The summed E-state index contributed by atoms with van der Waals surface area (Å²) in [5.41, 5.74) is 3.54. The van der Waals surface area contributed by atoms with Crippen LogP contribution in [0.25, 0.3) is 0 Å². The van der Waals surface area contributed by atoms with E-state index >= 15 is 0 Å². The van der Waals surface area contributed by atoms with E-state index < -0.39 is 6.10 Å². The Bertz CT molecular complexity index is 729. The molecule has 0 radical (unpaired) electrons. The van der Waals surface area contributed by atoms with Crippen LogP contribution in [0.15, 0.2) is 48.5 Å². The van der Waals surface area contributed by atoms with Gasteiger partial charge in [-0.05, 0) is 48.4 Å². The molecule has 1 amide bonds. The highest BCUT2D eigenvalue weighted by Crippen LogP contribution is 2.24. The molecule has 0 aliphatic rings. The first-order valence-corrected chi connectivity index (χ1v) is 9.35. The Balaban J connectivity index is 2.03. The molecule has 0 aromatic heterocycles. The average molecular weight is 354 g/mol. The number of aryl methyl sites for hydroxylation is 1. The third-order valence-electron chi connectivity index (χ3n) is 4.66. The van der Waals surface area contributed by atoms with Gasteiger partial charge in [-0.1, -0.05) is 70.2 Å². The third-order valence-corrected chi connectivity index (χ3v) is 4.66. The Hall–Kier alpha value is -2.29. The lowest BCUT2D eigenvalue weighted by atomic mass is 9.86. The Morgan fingerprint density at radius 2 is 1.69 bits per heavy atom. The van der Waals surface area contributed by atoms with E-state index in [0.717, 1.165) is 16.9 Å². The Morgan fingerprint density at radius 1 is 1.08 bits per heavy atom. The van der Waals surface area contributed by atoms with Crippen LogP contribution in [0.5, 0.6) is 5.75 Å². The van der Waals surface area contributed by atoms with Gasteiger partial charge in [-0.3, -0.25) is 4.79 Å². The SMILES string of the molecule is CC[C@@H](Oc1ccccc1C)C(=O)N[C@H](C)c1ccc(C(C)(C)C)cc1. The van der Waals surface area contributed by atoms with E-state index in [-0.39, 0.29) is 17.4 Å². The lowest BCUT2D eigenvalue weighted by molar-refractivity contribution is -0.128. The van der Waals surface area contributed by atoms with Crippen LogP contribution in [0.3, 0.4) is 0 Å². The lowest BCUT2D eigenvalue weighted by Gasteiger charge is -2.23. The summed E-state index contributed by atoms with van der Waals surface area (Å²) >= 11 is 0. The fourth-order valence-electron chi connectivity index (χ4n) is 2.83. The highest BCUT2D eigenvalue weighted by molar-refractivity contribution is 5.81. The van der Waals surface area contributed by atoms with Gasteiger partial charge in [0.1, 0.15) is 5.75 Å². The molecule has 0 spiro atoms. The van der Waals surface area contributed by atoms with Crippen LogP contribution in [0.1, 0.15) is 63.8 Å². The maximum Gasteiger partial charge on any atom is 0.261 e. The van der Waals surface area contributed by atoms with Crippen LogP contribution in [0.4, 0.5) is 0 Å². The number of para-hydroxylation sites is 1. The number of nitrogens with one attached hydrogen (secondary N) is 1. The number of rotatable bonds is 6. The van der Waals surface area contributed by atoms with E-state index in [1.165, 1.54) is 5.56 Å². The zero-order valence-corrected chi connectivity index (χ0v) is 16.8. The number of ether oxygens (including phenoxy) is 1. The van der Waals surface area contributed by atoms with Gasteiger partial charge in [0.25, 0.3) is 5.91 Å². The number of carbonyl (C=O) groups is 1. The normalized spacial score (nSPS) is 13.8. The molecule has 0 saturated carbocycles. The van der Waals surface area contributed by atoms with Crippen molar-refractivity contribution in [2.24, 2.45) is 0 Å². The van der Waals surface area contributed by atoms with Crippen LogP contribution in [0.2, 0.25) is 0 Å². The molecule has 0 aliphatic heterocycles. The Labute approximate surface area is 157 Å². The minimum Gasteiger partial charge on any atom is -0.480 e. The van der Waals surface area contributed by atoms with Gasteiger partial charge in [0.2, 0.25) is 0 Å². The Kier molecular flexibility index (Phi) is 6.47. The molecule has 26 heavy (non-hydrogen) atoms. The van der Waals surface area contributed by atoms with Crippen LogP contribution in [-0.2, 0) is 10.2 Å². The van der Waals surface area contributed by atoms with Crippen molar-refractivity contribution in [2.75, 3.05) is 0 Å². The zero-order valence-electron chi connectivity index (χ0n) is 16.8. The molecular weight excluding hydrogens is 322 g/mol. The molecule has 2 aromatic rings. The van der Waals surface area contributed by atoms with Crippen molar-refractivity contribution >= 4 is 5.91 Å². The minimum absolute atomic E-state index is 0.0639. The molecule has 2 atom stereocenters. The molecule has 0 saturated heterocycles. The van der Waals surface area contributed by atoms with Crippen molar-refractivity contribution in [3.05, 3.63) is 65.2 Å². The molecule has 3 heteroatoms. The largest absolute Gasteiger partial charge is 0.480 e. The van der Waals surface area contributed by atoms with E-state index in [1.807, 2.05) is 45.0 Å². The summed E-state index contributed by atoms with van der Waals surface area (Å²) < 4.78 is 5.94. The van der Waals surface area contributed by atoms with Crippen LogP contribution in [0, 0.1) is 6.92 Å². The summed E-state index contributed by atoms with van der Waals surface area (Å²) in [6, 6.07) is 16.2. The van der Waals surface area contributed by atoms with E-state index in [2.05, 4.69) is 50.4 Å². The van der Waals surface area contributed by atoms with Gasteiger partial charge in [0.15, 0.2) is 6.10 Å². The molecule has 0 heterocycles. The molecular formula is C23H31NO2. The number of hydrogen-bond donors (Lipinski definition) is 1. The minimum atomic E-state index is -0.493. The van der Waals surface area contributed by atoms with Gasteiger partial charge >= 0.3 is 0 Å². The molecule has 1 N–H and O–H groups in total. The average Bonchev–Trinajstić information content (AvgIpc) is 2.60. The smallest absolute Gasteiger partial charge is 0.261 e. The molecule has 0 aliphatic carbocycles. The summed E-state index contributed by atoms with van der Waals surface area (Å²) in [4.78, 5) is 12.7. The quantitative estimate of drug-likeness (QED) is 0.762. The first kappa shape index (κ1) is 20.0. The monoisotopic (exact) mass is 353 g/mol. The lowest BCUT2D eigenvalue weighted by Crippen LogP contribution is -2.39. The van der Waals surface area contributed by atoms with Gasteiger partial charge in [-0.25, -0.2) is 0 Å². The number of hydrogen-bond acceptors (Lipinski definition) is 2. The van der Waals surface area contributed by atoms with Crippen LogP contribution in [-0.4, -0.2) is 12.0 Å². The second kappa shape index (κ2) is 8.39. The van der Waals surface area contributed by atoms with Gasteiger partial charge in [-0.15, -0.1) is 0 Å². The maximum atomic E-state index is 12.7. The van der Waals surface area contributed by atoms with Crippen molar-refractivity contribution in [3.8, 4) is 5.75 Å². The van der Waals surface area contributed by atoms with Crippen molar-refractivity contribution < 1.29 is 9.53 Å². The summed E-state index contributed by atoms with van der Waals surface area (Å²) in [5, 5.41) is 3.08. The summed E-state index contributed by atoms with van der Waals surface area (Å²) in [5.74, 6) is 0.680. The highest BCUT2D eigenvalue weighted by Gasteiger charge is 2.21. The molecule has 140 valence electrons.